The summed E-state index contributed by atoms with van der Waals surface area (Å²) in [5.41, 5.74) is 1.76. The minimum absolute atomic E-state index is 0.0172. The number of carbonyl (C=O) groups excluding carboxylic acids is 2. The zero-order valence-corrected chi connectivity index (χ0v) is 25.3. The van der Waals surface area contributed by atoms with E-state index < -0.39 is 11.7 Å². The molecule has 0 saturated carbocycles. The van der Waals surface area contributed by atoms with E-state index in [-0.39, 0.29) is 17.6 Å². The van der Waals surface area contributed by atoms with E-state index >= 15 is 0 Å². The highest BCUT2D eigenvalue weighted by Gasteiger charge is 2.31. The summed E-state index contributed by atoms with van der Waals surface area (Å²) in [4.78, 5) is 31.0. The predicted molar refractivity (Wildman–Crippen MR) is 166 cm³/mol. The molecular weight excluding hydrogens is 565 g/mol. The number of piperidine rings is 1. The van der Waals surface area contributed by atoms with Gasteiger partial charge < -0.3 is 14.5 Å². The third-order valence-electron chi connectivity index (χ3n) is 9.22. The molecule has 0 bridgehead atoms. The molecule has 0 radical (unpaired) electrons. The van der Waals surface area contributed by atoms with Crippen LogP contribution in [0.15, 0.2) is 72.8 Å². The molecule has 0 aliphatic carbocycles. The van der Waals surface area contributed by atoms with E-state index in [0.29, 0.717) is 42.0 Å². The average molecular weight is 607 g/mol. The highest BCUT2D eigenvalue weighted by atomic mass is 19.4. The molecule has 3 aromatic carbocycles. The normalized spacial score (nSPS) is 18.5. The first-order valence-corrected chi connectivity index (χ1v) is 15.7. The SMILES string of the molecule is COc1ccccc1CCC(=O)N1CCC(N2CCCC(CC(=O)c3ccccc3-c3cccc(C(F)(F)F)c3)CC2)CC1. The molecule has 2 saturated heterocycles. The maximum absolute atomic E-state index is 13.5. The molecule has 44 heavy (non-hydrogen) atoms. The molecule has 2 heterocycles. The Morgan fingerprint density at radius 2 is 1.61 bits per heavy atom. The Kier molecular flexibility index (Phi) is 10.4. The molecule has 1 amide bonds. The molecule has 8 heteroatoms. The third-order valence-corrected chi connectivity index (χ3v) is 9.22. The van der Waals surface area contributed by atoms with Gasteiger partial charge >= 0.3 is 6.18 Å². The number of methoxy groups -OCH3 is 1. The number of carbonyl (C=O) groups is 2. The Morgan fingerprint density at radius 1 is 0.864 bits per heavy atom. The monoisotopic (exact) mass is 606 g/mol. The minimum Gasteiger partial charge on any atom is -0.496 e. The van der Waals surface area contributed by atoms with Crippen LogP contribution in [0.5, 0.6) is 5.75 Å². The fraction of sp³-hybridized carbons (Fsp3) is 0.444. The van der Waals surface area contributed by atoms with E-state index in [9.17, 15) is 22.8 Å². The van der Waals surface area contributed by atoms with E-state index in [1.807, 2.05) is 29.2 Å². The topological polar surface area (TPSA) is 49.9 Å². The van der Waals surface area contributed by atoms with Crippen molar-refractivity contribution in [2.45, 2.75) is 63.6 Å². The van der Waals surface area contributed by atoms with E-state index in [1.54, 1.807) is 37.4 Å². The summed E-state index contributed by atoms with van der Waals surface area (Å²) in [7, 11) is 1.65. The number of Topliss-reactive ketones (excluding diaryl/α,β-unsaturated/α-hetero) is 1. The van der Waals surface area contributed by atoms with Gasteiger partial charge in [0, 0.05) is 37.5 Å². The molecule has 1 atom stereocenters. The van der Waals surface area contributed by atoms with Gasteiger partial charge in [0.15, 0.2) is 5.78 Å². The fourth-order valence-corrected chi connectivity index (χ4v) is 6.76. The second-order valence-corrected chi connectivity index (χ2v) is 12.0. The average Bonchev–Trinajstić information content (AvgIpc) is 3.29. The van der Waals surface area contributed by atoms with Gasteiger partial charge in [-0.25, -0.2) is 0 Å². The Bertz CT molecular complexity index is 1430. The molecule has 1 unspecified atom stereocenters. The van der Waals surface area contributed by atoms with Crippen LogP contribution in [0.25, 0.3) is 11.1 Å². The van der Waals surface area contributed by atoms with Crippen molar-refractivity contribution in [1.29, 1.82) is 0 Å². The number of hydrogen-bond donors (Lipinski definition) is 0. The van der Waals surface area contributed by atoms with Crippen LogP contribution >= 0.6 is 0 Å². The Hall–Kier alpha value is -3.65. The van der Waals surface area contributed by atoms with Gasteiger partial charge in [-0.2, -0.15) is 13.2 Å². The lowest BCUT2D eigenvalue weighted by atomic mass is 9.89. The van der Waals surface area contributed by atoms with Gasteiger partial charge in [0.1, 0.15) is 5.75 Å². The molecule has 5 rings (SSSR count). The second kappa shape index (κ2) is 14.4. The van der Waals surface area contributed by atoms with Gasteiger partial charge in [-0.3, -0.25) is 9.59 Å². The Morgan fingerprint density at radius 3 is 2.39 bits per heavy atom. The van der Waals surface area contributed by atoms with Gasteiger partial charge in [0.2, 0.25) is 5.91 Å². The molecule has 3 aromatic rings. The van der Waals surface area contributed by atoms with Crippen LogP contribution in [0.1, 0.15) is 66.4 Å². The Labute approximate surface area is 258 Å². The van der Waals surface area contributed by atoms with Crippen molar-refractivity contribution in [1.82, 2.24) is 9.80 Å². The van der Waals surface area contributed by atoms with Crippen molar-refractivity contribution in [2.24, 2.45) is 5.92 Å². The number of benzene rings is 3. The van der Waals surface area contributed by atoms with Crippen molar-refractivity contribution >= 4 is 11.7 Å². The first-order chi connectivity index (χ1) is 21.2. The second-order valence-electron chi connectivity index (χ2n) is 12.0. The van der Waals surface area contributed by atoms with E-state index in [0.717, 1.165) is 81.7 Å². The number of ketones is 1. The first-order valence-electron chi connectivity index (χ1n) is 15.7. The zero-order chi connectivity index (χ0) is 31.1. The number of nitrogens with zero attached hydrogens (tertiary/aromatic N) is 2. The molecule has 2 aliphatic rings. The number of likely N-dealkylation sites (tertiary alicyclic amines) is 2. The Balaban J connectivity index is 1.12. The standard InChI is InChI=1S/C36H41F3N2O3/c1-44-34-14-5-2-9-27(34)15-16-35(43)41-22-18-30(19-23-41)40-20-7-8-26(17-21-40)24-33(42)32-13-4-3-12-31(32)28-10-6-11-29(25-28)36(37,38)39/h2-6,9-14,25-26,30H,7-8,15-24H2,1H3. The highest BCUT2D eigenvalue weighted by molar-refractivity contribution is 6.02. The van der Waals surface area contributed by atoms with Gasteiger partial charge in [-0.05, 0) is 92.4 Å². The molecule has 2 fully saturated rings. The molecule has 0 spiro atoms. The third kappa shape index (κ3) is 7.89. The molecule has 2 aliphatic heterocycles. The van der Waals surface area contributed by atoms with Crippen LogP contribution in [0.2, 0.25) is 0 Å². The van der Waals surface area contributed by atoms with Crippen LogP contribution in [-0.4, -0.2) is 60.8 Å². The van der Waals surface area contributed by atoms with Crippen molar-refractivity contribution in [2.75, 3.05) is 33.3 Å². The number of hydrogen-bond acceptors (Lipinski definition) is 4. The number of aryl methyl sites for hydroxylation is 1. The molecule has 234 valence electrons. The van der Waals surface area contributed by atoms with Crippen molar-refractivity contribution < 1.29 is 27.5 Å². The number of para-hydroxylation sites is 1. The van der Waals surface area contributed by atoms with Crippen LogP contribution in [0.4, 0.5) is 13.2 Å². The lowest BCUT2D eigenvalue weighted by molar-refractivity contribution is -0.137. The van der Waals surface area contributed by atoms with Gasteiger partial charge in [0.05, 0.1) is 12.7 Å². The van der Waals surface area contributed by atoms with Crippen LogP contribution in [-0.2, 0) is 17.4 Å². The first kappa shape index (κ1) is 31.8. The van der Waals surface area contributed by atoms with Gasteiger partial charge in [-0.15, -0.1) is 0 Å². The van der Waals surface area contributed by atoms with Gasteiger partial charge in [0.25, 0.3) is 0 Å². The number of rotatable bonds is 9. The maximum Gasteiger partial charge on any atom is 0.416 e. The summed E-state index contributed by atoms with van der Waals surface area (Å²) in [5.74, 6) is 1.23. The van der Waals surface area contributed by atoms with Crippen molar-refractivity contribution in [3.05, 3.63) is 89.5 Å². The summed E-state index contributed by atoms with van der Waals surface area (Å²) >= 11 is 0. The molecule has 0 aromatic heterocycles. The fourth-order valence-electron chi connectivity index (χ4n) is 6.76. The van der Waals surface area contributed by atoms with E-state index in [1.165, 1.54) is 6.07 Å². The summed E-state index contributed by atoms with van der Waals surface area (Å²) in [5, 5.41) is 0. The quantitative estimate of drug-likeness (QED) is 0.235. The van der Waals surface area contributed by atoms with Crippen molar-refractivity contribution in [3.8, 4) is 16.9 Å². The van der Waals surface area contributed by atoms with Gasteiger partial charge in [-0.1, -0.05) is 54.6 Å². The van der Waals surface area contributed by atoms with Crippen LogP contribution in [0, 0.1) is 5.92 Å². The predicted octanol–water partition coefficient (Wildman–Crippen LogP) is 7.68. The number of halogens is 3. The van der Waals surface area contributed by atoms with Crippen LogP contribution < -0.4 is 4.74 Å². The zero-order valence-electron chi connectivity index (χ0n) is 25.3. The molecular formula is C36H41F3N2O3. The van der Waals surface area contributed by atoms with Crippen molar-refractivity contribution in [3.63, 3.8) is 0 Å². The lowest BCUT2D eigenvalue weighted by Crippen LogP contribution is -2.47. The maximum atomic E-state index is 13.5. The lowest BCUT2D eigenvalue weighted by Gasteiger charge is -2.38. The highest BCUT2D eigenvalue weighted by Crippen LogP contribution is 2.34. The number of alkyl halides is 3. The summed E-state index contributed by atoms with van der Waals surface area (Å²) in [6, 6.07) is 20.4. The van der Waals surface area contributed by atoms with E-state index in [4.69, 9.17) is 4.74 Å². The van der Waals surface area contributed by atoms with E-state index in [2.05, 4.69) is 4.90 Å². The number of ether oxygens (including phenoxy) is 1. The smallest absolute Gasteiger partial charge is 0.416 e. The largest absolute Gasteiger partial charge is 0.496 e. The minimum atomic E-state index is -4.44. The summed E-state index contributed by atoms with van der Waals surface area (Å²) < 4.78 is 45.4. The number of amides is 1. The molecule has 5 nitrogen and oxygen atoms in total. The van der Waals surface area contributed by atoms with Crippen LogP contribution in [0.3, 0.4) is 0 Å². The summed E-state index contributed by atoms with van der Waals surface area (Å²) in [6.45, 7) is 3.43. The summed E-state index contributed by atoms with van der Waals surface area (Å²) in [6.07, 6.45) is 1.87. The molecule has 0 N–H and O–H groups in total.